The van der Waals surface area contributed by atoms with Crippen LogP contribution in [0.2, 0.25) is 0 Å². The molecule has 9 heteroatoms. The molecule has 0 saturated heterocycles. The highest BCUT2D eigenvalue weighted by Crippen LogP contribution is 2.29. The summed E-state index contributed by atoms with van der Waals surface area (Å²) >= 11 is 0. The summed E-state index contributed by atoms with van der Waals surface area (Å²) in [6.45, 7) is 4.29. The van der Waals surface area contributed by atoms with Crippen LogP contribution in [0.3, 0.4) is 0 Å². The SMILES string of the molecule is CCn1c(=O)c2c(nc(C=Cc3ccc(OC(=O)c4ccccc4)c(OC)c3)n2C)n(CC)c1=O. The molecule has 0 unspecified atom stereocenters. The number of fused-ring (bicyclic) bond motifs is 1. The van der Waals surface area contributed by atoms with Crippen LogP contribution in [0.1, 0.15) is 35.6 Å². The van der Waals surface area contributed by atoms with Crippen molar-refractivity contribution < 1.29 is 14.3 Å². The molecule has 35 heavy (non-hydrogen) atoms. The van der Waals surface area contributed by atoms with E-state index in [2.05, 4.69) is 4.98 Å². The summed E-state index contributed by atoms with van der Waals surface area (Å²) in [6, 6.07) is 13.9. The molecule has 4 rings (SSSR count). The zero-order valence-electron chi connectivity index (χ0n) is 20.0. The van der Waals surface area contributed by atoms with E-state index in [-0.39, 0.29) is 17.8 Å². The van der Waals surface area contributed by atoms with Crippen LogP contribution in [0, 0.1) is 0 Å². The lowest BCUT2D eigenvalue weighted by Gasteiger charge is -2.10. The lowest BCUT2D eigenvalue weighted by molar-refractivity contribution is 0.0729. The van der Waals surface area contributed by atoms with Crippen molar-refractivity contribution in [1.29, 1.82) is 0 Å². The van der Waals surface area contributed by atoms with Gasteiger partial charge in [0.2, 0.25) is 0 Å². The Labute approximate surface area is 201 Å². The van der Waals surface area contributed by atoms with Gasteiger partial charge in [0.05, 0.1) is 12.7 Å². The molecule has 0 amide bonds. The number of hydrogen-bond acceptors (Lipinski definition) is 6. The van der Waals surface area contributed by atoms with Gasteiger partial charge in [-0.3, -0.25) is 13.9 Å². The number of aryl methyl sites for hydroxylation is 2. The third kappa shape index (κ3) is 4.40. The molecule has 0 aliphatic heterocycles. The topological polar surface area (TPSA) is 97.3 Å². The smallest absolute Gasteiger partial charge is 0.343 e. The van der Waals surface area contributed by atoms with Crippen molar-refractivity contribution in [3.05, 3.63) is 86.3 Å². The minimum Gasteiger partial charge on any atom is -0.493 e. The van der Waals surface area contributed by atoms with Gasteiger partial charge < -0.3 is 14.0 Å². The number of imidazole rings is 1. The summed E-state index contributed by atoms with van der Waals surface area (Å²) in [5, 5.41) is 0. The summed E-state index contributed by atoms with van der Waals surface area (Å²) in [4.78, 5) is 42.5. The molecule has 0 saturated carbocycles. The van der Waals surface area contributed by atoms with Gasteiger partial charge in [-0.2, -0.15) is 0 Å². The number of carbonyl (C=O) groups excluding carboxylic acids is 1. The van der Waals surface area contributed by atoms with Crippen LogP contribution in [0.25, 0.3) is 23.3 Å². The Bertz CT molecular complexity index is 1540. The molecule has 0 bridgehead atoms. The maximum atomic E-state index is 12.9. The van der Waals surface area contributed by atoms with Crippen molar-refractivity contribution in [2.24, 2.45) is 7.05 Å². The second-order valence-corrected chi connectivity index (χ2v) is 7.78. The quantitative estimate of drug-likeness (QED) is 0.301. The second-order valence-electron chi connectivity index (χ2n) is 7.78. The molecule has 0 N–H and O–H groups in total. The Balaban J connectivity index is 1.67. The van der Waals surface area contributed by atoms with Gasteiger partial charge in [-0.05, 0) is 49.8 Å². The first-order valence-corrected chi connectivity index (χ1v) is 11.2. The molecule has 0 aliphatic rings. The molecule has 2 aromatic carbocycles. The molecule has 2 aromatic heterocycles. The van der Waals surface area contributed by atoms with Crippen LogP contribution in [-0.4, -0.2) is 31.8 Å². The number of benzene rings is 2. The number of ether oxygens (including phenoxy) is 2. The Hall–Kier alpha value is -4.40. The van der Waals surface area contributed by atoms with E-state index in [0.717, 1.165) is 5.56 Å². The normalized spacial score (nSPS) is 11.3. The predicted octanol–water partition coefficient (Wildman–Crippen LogP) is 3.33. The average molecular weight is 475 g/mol. The van der Waals surface area contributed by atoms with Gasteiger partial charge in [-0.25, -0.2) is 14.6 Å². The fourth-order valence-electron chi connectivity index (χ4n) is 3.87. The summed E-state index contributed by atoms with van der Waals surface area (Å²) < 4.78 is 15.3. The summed E-state index contributed by atoms with van der Waals surface area (Å²) in [6.07, 6.45) is 3.56. The van der Waals surface area contributed by atoms with Gasteiger partial charge in [0.1, 0.15) is 5.82 Å². The first kappa shape index (κ1) is 23.7. The molecule has 0 atom stereocenters. The van der Waals surface area contributed by atoms with Crippen LogP contribution in [0.15, 0.2) is 58.1 Å². The van der Waals surface area contributed by atoms with E-state index in [1.807, 2.05) is 13.0 Å². The van der Waals surface area contributed by atoms with E-state index in [0.29, 0.717) is 40.6 Å². The minimum atomic E-state index is -0.480. The average Bonchev–Trinajstić information content (AvgIpc) is 3.20. The molecular weight excluding hydrogens is 448 g/mol. The highest BCUT2D eigenvalue weighted by Gasteiger charge is 2.18. The van der Waals surface area contributed by atoms with E-state index < -0.39 is 5.97 Å². The summed E-state index contributed by atoms with van der Waals surface area (Å²) in [7, 11) is 3.24. The van der Waals surface area contributed by atoms with Crippen LogP contribution in [0.5, 0.6) is 11.5 Å². The number of nitrogens with zero attached hydrogens (tertiary/aromatic N) is 4. The van der Waals surface area contributed by atoms with Gasteiger partial charge in [-0.15, -0.1) is 0 Å². The van der Waals surface area contributed by atoms with Crippen molar-refractivity contribution in [1.82, 2.24) is 18.7 Å². The van der Waals surface area contributed by atoms with Crippen molar-refractivity contribution in [3.63, 3.8) is 0 Å². The Morgan fingerprint density at radius 1 is 0.971 bits per heavy atom. The molecule has 180 valence electrons. The number of methoxy groups -OCH3 is 1. The maximum absolute atomic E-state index is 12.9. The number of hydrogen-bond donors (Lipinski definition) is 0. The molecular formula is C26H26N4O5. The molecule has 0 fully saturated rings. The molecule has 0 spiro atoms. The van der Waals surface area contributed by atoms with E-state index in [4.69, 9.17) is 9.47 Å². The van der Waals surface area contributed by atoms with Gasteiger partial charge in [0.15, 0.2) is 22.7 Å². The lowest BCUT2D eigenvalue weighted by atomic mass is 10.2. The van der Waals surface area contributed by atoms with Crippen LogP contribution in [-0.2, 0) is 20.1 Å². The van der Waals surface area contributed by atoms with E-state index in [1.165, 1.54) is 16.2 Å². The summed E-state index contributed by atoms with van der Waals surface area (Å²) in [5.41, 5.74) is 1.20. The van der Waals surface area contributed by atoms with Crippen LogP contribution in [0.4, 0.5) is 0 Å². The third-order valence-electron chi connectivity index (χ3n) is 5.73. The lowest BCUT2D eigenvalue weighted by Crippen LogP contribution is -2.39. The molecule has 4 aromatic rings. The van der Waals surface area contributed by atoms with Crippen molar-refractivity contribution in [2.45, 2.75) is 26.9 Å². The van der Waals surface area contributed by atoms with Gasteiger partial charge >= 0.3 is 11.7 Å². The van der Waals surface area contributed by atoms with Gasteiger partial charge in [0.25, 0.3) is 5.56 Å². The summed E-state index contributed by atoms with van der Waals surface area (Å²) in [5.74, 6) is 0.734. The predicted molar refractivity (Wildman–Crippen MR) is 134 cm³/mol. The fourth-order valence-corrected chi connectivity index (χ4v) is 3.87. The Morgan fingerprint density at radius 2 is 1.69 bits per heavy atom. The number of aromatic nitrogens is 4. The first-order chi connectivity index (χ1) is 16.9. The van der Waals surface area contributed by atoms with E-state index >= 15 is 0 Å². The van der Waals surface area contributed by atoms with Gasteiger partial charge in [0, 0.05) is 20.1 Å². The Morgan fingerprint density at radius 3 is 2.34 bits per heavy atom. The monoisotopic (exact) mass is 474 g/mol. The van der Waals surface area contributed by atoms with Crippen molar-refractivity contribution >= 4 is 29.3 Å². The molecule has 0 aliphatic carbocycles. The molecule has 2 heterocycles. The largest absolute Gasteiger partial charge is 0.493 e. The van der Waals surface area contributed by atoms with Crippen LogP contribution < -0.4 is 20.7 Å². The minimum absolute atomic E-state index is 0.283. The maximum Gasteiger partial charge on any atom is 0.343 e. The van der Waals surface area contributed by atoms with Crippen molar-refractivity contribution in [3.8, 4) is 11.5 Å². The number of rotatable bonds is 7. The zero-order chi connectivity index (χ0) is 25.1. The van der Waals surface area contributed by atoms with Crippen LogP contribution >= 0.6 is 0 Å². The number of carbonyl (C=O) groups is 1. The highest BCUT2D eigenvalue weighted by molar-refractivity contribution is 5.91. The highest BCUT2D eigenvalue weighted by atomic mass is 16.6. The molecule has 0 radical (unpaired) electrons. The standard InChI is InChI=1S/C26H26N4O5/c1-5-29-23-22(24(31)30(6-2)26(29)33)28(3)21(27-23)15-13-17-12-14-19(20(16-17)34-4)35-25(32)18-10-8-7-9-11-18/h7-16H,5-6H2,1-4H3. The third-order valence-corrected chi connectivity index (χ3v) is 5.73. The van der Waals surface area contributed by atoms with Gasteiger partial charge in [-0.1, -0.05) is 30.3 Å². The van der Waals surface area contributed by atoms with Crippen molar-refractivity contribution in [2.75, 3.05) is 7.11 Å². The van der Waals surface area contributed by atoms with E-state index in [9.17, 15) is 14.4 Å². The zero-order valence-corrected chi connectivity index (χ0v) is 20.0. The second kappa shape index (κ2) is 9.84. The Kier molecular flexibility index (Phi) is 6.68. The first-order valence-electron chi connectivity index (χ1n) is 11.2. The molecule has 9 nitrogen and oxygen atoms in total. The van der Waals surface area contributed by atoms with E-state index in [1.54, 1.807) is 73.2 Å². The number of esters is 1. The fraction of sp³-hybridized carbons (Fsp3) is 0.231.